The van der Waals surface area contributed by atoms with Crippen LogP contribution in [0.1, 0.15) is 25.8 Å². The van der Waals surface area contributed by atoms with Gasteiger partial charge in [0, 0.05) is 25.8 Å². The van der Waals surface area contributed by atoms with Crippen LogP contribution in [0.3, 0.4) is 0 Å². The molecule has 6 nitrogen and oxygen atoms in total. The van der Waals surface area contributed by atoms with Gasteiger partial charge in [-0.2, -0.15) is 5.11 Å². The third-order valence-corrected chi connectivity index (χ3v) is 3.05. The lowest BCUT2D eigenvalue weighted by atomic mass is 9.82. The van der Waals surface area contributed by atoms with Gasteiger partial charge in [0.1, 0.15) is 0 Å². The lowest BCUT2D eigenvalue weighted by Crippen LogP contribution is -2.17. The Balaban J connectivity index is 3.00. The van der Waals surface area contributed by atoms with E-state index in [4.69, 9.17) is 10.3 Å². The van der Waals surface area contributed by atoms with E-state index in [0.29, 0.717) is 18.7 Å². The number of ether oxygens (including phenoxy) is 1. The van der Waals surface area contributed by atoms with E-state index in [1.807, 2.05) is 0 Å². The first-order valence-electron chi connectivity index (χ1n) is 6.03. The maximum atomic E-state index is 10.8. The molecule has 0 aliphatic heterocycles. The van der Waals surface area contributed by atoms with E-state index in [0.717, 1.165) is 12.0 Å². The van der Waals surface area contributed by atoms with Crippen LogP contribution in [0.4, 0.5) is 11.4 Å². The number of nitrogens with one attached hydrogen (secondary N) is 1. The van der Waals surface area contributed by atoms with Crippen molar-refractivity contribution in [1.82, 2.24) is 0 Å². The number of methoxy groups -OCH3 is 1. The van der Waals surface area contributed by atoms with Crippen LogP contribution in [-0.2, 0) is 11.2 Å². The maximum Gasteiger partial charge on any atom is 0.269 e. The van der Waals surface area contributed by atoms with Crippen LogP contribution in [0.2, 0.25) is 0 Å². The molecule has 0 saturated carbocycles. The second-order valence-electron chi connectivity index (χ2n) is 5.27. The molecular weight excluding hydrogens is 246 g/mol. The molecule has 0 bridgehead atoms. The highest BCUT2D eigenvalue weighted by atomic mass is 16.6. The van der Waals surface area contributed by atoms with Crippen molar-refractivity contribution in [1.29, 1.82) is 5.53 Å². The first kappa shape index (κ1) is 15.2. The van der Waals surface area contributed by atoms with Gasteiger partial charge in [0.2, 0.25) is 0 Å². The quantitative estimate of drug-likeness (QED) is 0.461. The minimum Gasteiger partial charge on any atom is -0.385 e. The Morgan fingerprint density at radius 1 is 1.47 bits per heavy atom. The van der Waals surface area contributed by atoms with Crippen LogP contribution in [-0.4, -0.2) is 18.6 Å². The Morgan fingerprint density at radius 2 is 2.16 bits per heavy atom. The lowest BCUT2D eigenvalue weighted by molar-refractivity contribution is -0.384. The van der Waals surface area contributed by atoms with E-state index in [1.165, 1.54) is 18.2 Å². The van der Waals surface area contributed by atoms with Crippen molar-refractivity contribution in [2.24, 2.45) is 10.5 Å². The molecule has 0 spiro atoms. The minimum absolute atomic E-state index is 0.0324. The van der Waals surface area contributed by atoms with Gasteiger partial charge >= 0.3 is 0 Å². The predicted octanol–water partition coefficient (Wildman–Crippen LogP) is 3.86. The molecule has 0 amide bonds. The molecule has 0 aliphatic rings. The molecule has 0 aromatic heterocycles. The van der Waals surface area contributed by atoms with E-state index in [-0.39, 0.29) is 11.1 Å². The fourth-order valence-corrected chi connectivity index (χ4v) is 1.92. The maximum absolute atomic E-state index is 10.8. The molecule has 0 saturated heterocycles. The Kier molecular flexibility index (Phi) is 5.11. The molecule has 0 radical (unpaired) electrons. The van der Waals surface area contributed by atoms with Gasteiger partial charge in [0.05, 0.1) is 10.6 Å². The van der Waals surface area contributed by atoms with Gasteiger partial charge < -0.3 is 4.74 Å². The number of hydrogen-bond acceptors (Lipinski definition) is 5. The van der Waals surface area contributed by atoms with E-state index < -0.39 is 4.92 Å². The molecule has 19 heavy (non-hydrogen) atoms. The van der Waals surface area contributed by atoms with Crippen molar-refractivity contribution in [2.45, 2.75) is 26.7 Å². The number of rotatable bonds is 7. The standard InChI is InChI=1S/C13H19N3O3/c1-13(2,6-7-19-3)9-10-8-11(16(17)18)4-5-12(10)15-14/h4-5,8,14H,6-7,9H2,1-3H3. The SMILES string of the molecule is COCCC(C)(C)Cc1cc([N+](=O)[O-])ccc1N=N. The highest BCUT2D eigenvalue weighted by molar-refractivity contribution is 5.52. The molecule has 0 unspecified atom stereocenters. The van der Waals surface area contributed by atoms with Crippen molar-refractivity contribution in [3.05, 3.63) is 33.9 Å². The number of hydrogen-bond donors (Lipinski definition) is 1. The molecule has 0 fully saturated rings. The molecule has 1 aromatic carbocycles. The zero-order chi connectivity index (χ0) is 14.5. The predicted molar refractivity (Wildman–Crippen MR) is 71.9 cm³/mol. The smallest absolute Gasteiger partial charge is 0.269 e. The van der Waals surface area contributed by atoms with Crippen molar-refractivity contribution < 1.29 is 9.66 Å². The minimum atomic E-state index is -0.431. The Morgan fingerprint density at radius 3 is 2.68 bits per heavy atom. The Labute approximate surface area is 112 Å². The van der Waals surface area contributed by atoms with E-state index in [9.17, 15) is 10.1 Å². The molecule has 104 valence electrons. The van der Waals surface area contributed by atoms with Gasteiger partial charge in [-0.3, -0.25) is 10.1 Å². The number of non-ortho nitro benzene ring substituents is 1. The normalized spacial score (nSPS) is 11.3. The fourth-order valence-electron chi connectivity index (χ4n) is 1.92. The first-order valence-corrected chi connectivity index (χ1v) is 6.03. The second kappa shape index (κ2) is 6.38. The summed E-state index contributed by atoms with van der Waals surface area (Å²) in [5, 5.41) is 14.2. The van der Waals surface area contributed by atoms with Crippen LogP contribution < -0.4 is 0 Å². The topological polar surface area (TPSA) is 88.6 Å². The van der Waals surface area contributed by atoms with Gasteiger partial charge in [-0.25, -0.2) is 5.53 Å². The monoisotopic (exact) mass is 265 g/mol. The van der Waals surface area contributed by atoms with Crippen LogP contribution >= 0.6 is 0 Å². The third-order valence-electron chi connectivity index (χ3n) is 3.05. The second-order valence-corrected chi connectivity index (χ2v) is 5.27. The fraction of sp³-hybridized carbons (Fsp3) is 0.538. The molecule has 0 aliphatic carbocycles. The van der Waals surface area contributed by atoms with Crippen molar-refractivity contribution in [3.8, 4) is 0 Å². The number of benzene rings is 1. The van der Waals surface area contributed by atoms with Gasteiger partial charge in [0.25, 0.3) is 5.69 Å². The highest BCUT2D eigenvalue weighted by Crippen LogP contribution is 2.32. The molecule has 0 heterocycles. The number of nitro groups is 1. The largest absolute Gasteiger partial charge is 0.385 e. The van der Waals surface area contributed by atoms with Crippen LogP contribution in [0.15, 0.2) is 23.3 Å². The number of nitro benzene ring substituents is 1. The summed E-state index contributed by atoms with van der Waals surface area (Å²) in [4.78, 5) is 10.4. The summed E-state index contributed by atoms with van der Waals surface area (Å²) in [6.45, 7) is 4.77. The van der Waals surface area contributed by atoms with Gasteiger partial charge in [-0.05, 0) is 29.9 Å². The summed E-state index contributed by atoms with van der Waals surface area (Å²) in [7, 11) is 1.65. The Bertz CT molecular complexity index is 472. The van der Waals surface area contributed by atoms with E-state index in [2.05, 4.69) is 19.0 Å². The first-order chi connectivity index (χ1) is 8.89. The molecular formula is C13H19N3O3. The van der Waals surface area contributed by atoms with Crippen LogP contribution in [0, 0.1) is 21.1 Å². The summed E-state index contributed by atoms with van der Waals surface area (Å²) in [5.74, 6) is 0. The van der Waals surface area contributed by atoms with Gasteiger partial charge in [-0.1, -0.05) is 13.8 Å². The van der Waals surface area contributed by atoms with Crippen molar-refractivity contribution >= 4 is 11.4 Å². The zero-order valence-corrected chi connectivity index (χ0v) is 11.5. The molecule has 1 N–H and O–H groups in total. The summed E-state index contributed by atoms with van der Waals surface area (Å²) in [6.07, 6.45) is 1.46. The Hall–Kier alpha value is -1.82. The van der Waals surface area contributed by atoms with Crippen LogP contribution in [0.25, 0.3) is 0 Å². The summed E-state index contributed by atoms with van der Waals surface area (Å²) < 4.78 is 5.07. The number of nitrogens with zero attached hydrogens (tertiary/aromatic N) is 2. The molecule has 1 rings (SSSR count). The average molecular weight is 265 g/mol. The van der Waals surface area contributed by atoms with Crippen LogP contribution in [0.5, 0.6) is 0 Å². The third kappa shape index (κ3) is 4.40. The van der Waals surface area contributed by atoms with Crippen molar-refractivity contribution in [3.63, 3.8) is 0 Å². The highest BCUT2D eigenvalue weighted by Gasteiger charge is 2.21. The van der Waals surface area contributed by atoms with Gasteiger partial charge in [0.15, 0.2) is 0 Å². The molecule has 6 heteroatoms. The molecule has 1 aromatic rings. The summed E-state index contributed by atoms with van der Waals surface area (Å²) in [5.41, 5.74) is 8.32. The van der Waals surface area contributed by atoms with Crippen molar-refractivity contribution in [2.75, 3.05) is 13.7 Å². The van der Waals surface area contributed by atoms with Gasteiger partial charge in [-0.15, -0.1) is 0 Å². The van der Waals surface area contributed by atoms with E-state index >= 15 is 0 Å². The zero-order valence-electron chi connectivity index (χ0n) is 11.5. The van der Waals surface area contributed by atoms with E-state index in [1.54, 1.807) is 7.11 Å². The summed E-state index contributed by atoms with van der Waals surface area (Å²) in [6, 6.07) is 4.40. The molecule has 0 atom stereocenters. The average Bonchev–Trinajstić information content (AvgIpc) is 2.35. The summed E-state index contributed by atoms with van der Waals surface area (Å²) >= 11 is 0. The lowest BCUT2D eigenvalue weighted by Gasteiger charge is -2.24.